The van der Waals surface area contributed by atoms with E-state index in [0.29, 0.717) is 40.5 Å². The number of hydrogen-bond donors (Lipinski definition) is 0. The highest BCUT2D eigenvalue weighted by Crippen LogP contribution is 2.42. The first-order chi connectivity index (χ1) is 18.9. The molecule has 204 valence electrons. The number of rotatable bonds is 6. The van der Waals surface area contributed by atoms with Gasteiger partial charge in [0.25, 0.3) is 0 Å². The number of hydrogen-bond acceptors (Lipinski definition) is 0. The summed E-state index contributed by atoms with van der Waals surface area (Å²) in [4.78, 5) is 0. The van der Waals surface area contributed by atoms with Crippen molar-refractivity contribution in [2.75, 3.05) is 0 Å². The molecule has 0 aliphatic heterocycles. The fraction of sp³-hybridized carbons (Fsp3) is 0.371. The molecule has 2 aliphatic rings. The molecule has 0 N–H and O–H groups in total. The van der Waals surface area contributed by atoms with Crippen molar-refractivity contribution < 1.29 is 17.6 Å². The van der Waals surface area contributed by atoms with Crippen LogP contribution < -0.4 is 0 Å². The van der Waals surface area contributed by atoms with Gasteiger partial charge in [0, 0.05) is 16.7 Å². The van der Waals surface area contributed by atoms with Gasteiger partial charge in [0.2, 0.25) is 0 Å². The molecule has 39 heavy (non-hydrogen) atoms. The zero-order chi connectivity index (χ0) is 27.5. The Hall–Kier alpha value is -3.14. The van der Waals surface area contributed by atoms with E-state index in [0.717, 1.165) is 30.8 Å². The van der Waals surface area contributed by atoms with Gasteiger partial charge in [-0.3, -0.25) is 0 Å². The van der Waals surface area contributed by atoms with E-state index in [-0.39, 0.29) is 11.1 Å². The van der Waals surface area contributed by atoms with Gasteiger partial charge < -0.3 is 0 Å². The van der Waals surface area contributed by atoms with Crippen LogP contribution in [0.5, 0.6) is 0 Å². The van der Waals surface area contributed by atoms with E-state index in [1.165, 1.54) is 25.7 Å². The fourth-order valence-corrected chi connectivity index (χ4v) is 6.54. The standard InChI is InChI=1S/C35H36F4/c1-3-5-22-6-8-24(9-7-22)25-10-12-26(13-11-25)30-20-21-31(35(39)34(30)38)28-16-14-27(15-17-28)29-19-18-23(4-2)32(36)33(29)37/h3,5,12,14-22,24-25H,4,6-11,13H2,1-2H3. The van der Waals surface area contributed by atoms with Gasteiger partial charge in [-0.05, 0) is 98.3 Å². The Morgan fingerprint density at radius 3 is 1.79 bits per heavy atom. The van der Waals surface area contributed by atoms with Crippen molar-refractivity contribution in [1.82, 2.24) is 0 Å². The van der Waals surface area contributed by atoms with Crippen LogP contribution in [0.1, 0.15) is 69.9 Å². The highest BCUT2D eigenvalue weighted by molar-refractivity contribution is 5.74. The van der Waals surface area contributed by atoms with Crippen molar-refractivity contribution >= 4 is 5.57 Å². The lowest BCUT2D eigenvalue weighted by Gasteiger charge is -2.35. The molecule has 4 heteroatoms. The summed E-state index contributed by atoms with van der Waals surface area (Å²) >= 11 is 0. The third-order valence-electron chi connectivity index (χ3n) is 8.88. The monoisotopic (exact) mass is 532 g/mol. The van der Waals surface area contributed by atoms with Gasteiger partial charge in [-0.15, -0.1) is 0 Å². The van der Waals surface area contributed by atoms with Gasteiger partial charge in [-0.1, -0.05) is 73.7 Å². The average molecular weight is 533 g/mol. The quantitative estimate of drug-likeness (QED) is 0.219. The molecule has 1 atom stereocenters. The van der Waals surface area contributed by atoms with Crippen molar-refractivity contribution in [2.45, 2.75) is 65.2 Å². The molecule has 0 saturated heterocycles. The summed E-state index contributed by atoms with van der Waals surface area (Å²) in [5, 5.41) is 0. The third kappa shape index (κ3) is 5.62. The minimum Gasteiger partial charge on any atom is -0.203 e. The van der Waals surface area contributed by atoms with Crippen LogP contribution in [0, 0.1) is 41.0 Å². The highest BCUT2D eigenvalue weighted by Gasteiger charge is 2.29. The van der Waals surface area contributed by atoms with Crippen LogP contribution in [0.25, 0.3) is 27.8 Å². The Labute approximate surface area is 229 Å². The van der Waals surface area contributed by atoms with Crippen molar-refractivity contribution in [3.05, 3.63) is 101 Å². The molecule has 0 radical (unpaired) electrons. The minimum absolute atomic E-state index is 0.145. The smallest absolute Gasteiger partial charge is 0.167 e. The molecule has 5 rings (SSSR count). The predicted molar refractivity (Wildman–Crippen MR) is 152 cm³/mol. The third-order valence-corrected chi connectivity index (χ3v) is 8.88. The first kappa shape index (κ1) is 27.4. The van der Waals surface area contributed by atoms with Crippen LogP contribution in [0.4, 0.5) is 17.6 Å². The maximum atomic E-state index is 15.3. The van der Waals surface area contributed by atoms with Crippen molar-refractivity contribution in [1.29, 1.82) is 0 Å². The zero-order valence-electron chi connectivity index (χ0n) is 22.8. The van der Waals surface area contributed by atoms with E-state index in [4.69, 9.17) is 0 Å². The maximum Gasteiger partial charge on any atom is 0.167 e. The normalized spacial score (nSPS) is 21.8. The second-order valence-corrected chi connectivity index (χ2v) is 11.1. The Kier molecular flexibility index (Phi) is 8.40. The van der Waals surface area contributed by atoms with E-state index < -0.39 is 23.3 Å². The van der Waals surface area contributed by atoms with Gasteiger partial charge in [-0.2, -0.15) is 0 Å². The summed E-state index contributed by atoms with van der Waals surface area (Å²) in [5.74, 6) is -1.38. The average Bonchev–Trinajstić information content (AvgIpc) is 2.97. The highest BCUT2D eigenvalue weighted by atomic mass is 19.2. The molecular weight excluding hydrogens is 496 g/mol. The number of halogens is 4. The first-order valence-corrected chi connectivity index (χ1v) is 14.3. The van der Waals surface area contributed by atoms with Crippen molar-refractivity contribution in [3.8, 4) is 22.3 Å². The molecule has 0 heterocycles. The Morgan fingerprint density at radius 2 is 1.23 bits per heavy atom. The van der Waals surface area contributed by atoms with Crippen LogP contribution in [0.2, 0.25) is 0 Å². The Bertz CT molecular complexity index is 1370. The molecule has 3 aromatic rings. The summed E-state index contributed by atoms with van der Waals surface area (Å²) in [6.07, 6.45) is 14.7. The summed E-state index contributed by atoms with van der Waals surface area (Å²) in [6.45, 7) is 3.85. The topological polar surface area (TPSA) is 0 Å². The molecule has 0 nitrogen and oxygen atoms in total. The lowest BCUT2D eigenvalue weighted by molar-refractivity contribution is 0.212. The summed E-state index contributed by atoms with van der Waals surface area (Å²) in [7, 11) is 0. The fourth-order valence-electron chi connectivity index (χ4n) is 6.54. The van der Waals surface area contributed by atoms with E-state index in [1.54, 1.807) is 55.5 Å². The molecule has 3 aromatic carbocycles. The minimum atomic E-state index is -0.895. The van der Waals surface area contributed by atoms with E-state index in [1.807, 2.05) is 0 Å². The van der Waals surface area contributed by atoms with E-state index >= 15 is 8.78 Å². The van der Waals surface area contributed by atoms with Gasteiger partial charge >= 0.3 is 0 Å². The Morgan fingerprint density at radius 1 is 0.667 bits per heavy atom. The molecular formula is C35H36F4. The van der Waals surface area contributed by atoms with Gasteiger partial charge in [0.15, 0.2) is 23.3 Å². The second kappa shape index (κ2) is 11.9. The summed E-state index contributed by atoms with van der Waals surface area (Å²) < 4.78 is 59.4. The lowest BCUT2D eigenvalue weighted by Crippen LogP contribution is -2.22. The molecule has 1 unspecified atom stereocenters. The second-order valence-electron chi connectivity index (χ2n) is 11.1. The number of benzene rings is 3. The van der Waals surface area contributed by atoms with Crippen LogP contribution >= 0.6 is 0 Å². The van der Waals surface area contributed by atoms with Crippen LogP contribution in [0.15, 0.2) is 66.8 Å². The Balaban J connectivity index is 1.30. The van der Waals surface area contributed by atoms with Gasteiger partial charge in [0.1, 0.15) is 0 Å². The number of aryl methyl sites for hydroxylation is 1. The molecule has 1 saturated carbocycles. The zero-order valence-corrected chi connectivity index (χ0v) is 22.8. The van der Waals surface area contributed by atoms with Crippen molar-refractivity contribution in [2.24, 2.45) is 17.8 Å². The molecule has 0 amide bonds. The van der Waals surface area contributed by atoms with Gasteiger partial charge in [-0.25, -0.2) is 17.6 Å². The van der Waals surface area contributed by atoms with Crippen LogP contribution in [-0.2, 0) is 6.42 Å². The van der Waals surface area contributed by atoms with Crippen molar-refractivity contribution in [3.63, 3.8) is 0 Å². The molecule has 2 aliphatic carbocycles. The largest absolute Gasteiger partial charge is 0.203 e. The van der Waals surface area contributed by atoms with Gasteiger partial charge in [0.05, 0.1) is 0 Å². The first-order valence-electron chi connectivity index (χ1n) is 14.3. The van der Waals surface area contributed by atoms with Crippen LogP contribution in [-0.4, -0.2) is 0 Å². The molecule has 0 aromatic heterocycles. The number of allylic oxidation sites excluding steroid dienone is 4. The van der Waals surface area contributed by atoms with E-state index in [2.05, 4.69) is 25.2 Å². The maximum absolute atomic E-state index is 15.3. The molecule has 0 bridgehead atoms. The summed E-state index contributed by atoms with van der Waals surface area (Å²) in [6, 6.07) is 12.9. The lowest BCUT2D eigenvalue weighted by atomic mass is 9.71. The van der Waals surface area contributed by atoms with Crippen LogP contribution in [0.3, 0.4) is 0 Å². The molecule has 0 spiro atoms. The molecule has 1 fully saturated rings. The summed E-state index contributed by atoms with van der Waals surface area (Å²) in [5.41, 5.74) is 2.82. The predicted octanol–water partition coefficient (Wildman–Crippen LogP) is 10.7. The SMILES string of the molecule is CC=CC1CCC(C2CC=C(c3ccc(-c4ccc(-c5ccc(CC)c(F)c5F)cc4)c(F)c3F)CC2)CC1. The van der Waals surface area contributed by atoms with E-state index in [9.17, 15) is 8.78 Å².